The van der Waals surface area contributed by atoms with Crippen LogP contribution in [0.5, 0.6) is 0 Å². The summed E-state index contributed by atoms with van der Waals surface area (Å²) in [4.78, 5) is 0. The summed E-state index contributed by atoms with van der Waals surface area (Å²) in [7, 11) is -4.85. The van der Waals surface area contributed by atoms with Gasteiger partial charge in [0, 0.05) is 14.1 Å². The van der Waals surface area contributed by atoms with Crippen molar-refractivity contribution in [2.45, 2.75) is 37.8 Å². The van der Waals surface area contributed by atoms with E-state index in [1.807, 2.05) is 12.1 Å². The van der Waals surface area contributed by atoms with E-state index in [1.54, 1.807) is 0 Å². The van der Waals surface area contributed by atoms with Crippen molar-refractivity contribution >= 4 is 45.9 Å². The summed E-state index contributed by atoms with van der Waals surface area (Å²) in [6.07, 6.45) is 4.35. The molecule has 48 heavy (non-hydrogen) atoms. The van der Waals surface area contributed by atoms with Crippen molar-refractivity contribution in [2.75, 3.05) is 0 Å². The van der Waals surface area contributed by atoms with Crippen LogP contribution in [0.3, 0.4) is 0 Å². The van der Waals surface area contributed by atoms with Gasteiger partial charge in [-0.25, -0.2) is 0 Å². The third-order valence-electron chi connectivity index (χ3n) is 8.94. The normalized spacial score (nSPS) is 16.1. The molecule has 6 aromatic carbocycles. The van der Waals surface area contributed by atoms with E-state index in [1.165, 1.54) is 31.8 Å². The van der Waals surface area contributed by atoms with Crippen LogP contribution in [-0.2, 0) is 0 Å². The van der Waals surface area contributed by atoms with Crippen molar-refractivity contribution in [1.82, 2.24) is 0 Å². The Bertz CT molecular complexity index is 1600. The van der Waals surface area contributed by atoms with Gasteiger partial charge in [0.2, 0.25) is 0 Å². The van der Waals surface area contributed by atoms with Crippen LogP contribution in [0, 0.1) is 12.1 Å². The molecule has 6 aromatic rings. The standard InChI is InChI=1S/C42H38N2P2.2Li/c1-7-21-35(22-8-1)45(36-23-9-2-10-24-36,37-25-11-3-12-26-37)43-41-33-19-20-34-42(41)44-46(38-27-13-4-14-28-38,39-29-15-5-16-30-39)40-31-17-6-18-32-40;;/h1-18,21-25,27-31,41-42H,19-20,33-34H2;;/q-2;2*+1/t41-,42-;;/m0../s1. The van der Waals surface area contributed by atoms with Crippen LogP contribution in [0.4, 0.5) is 0 Å². The Morgan fingerprint density at radius 3 is 0.958 bits per heavy atom. The van der Waals surface area contributed by atoms with Crippen molar-refractivity contribution in [3.05, 3.63) is 182 Å². The maximum absolute atomic E-state index is 6.12. The summed E-state index contributed by atoms with van der Waals surface area (Å²) < 4.78 is 12.2. The van der Waals surface area contributed by atoms with Crippen molar-refractivity contribution in [1.29, 1.82) is 0 Å². The molecular weight excluding hydrogens is 608 g/mol. The molecule has 1 aliphatic rings. The summed E-state index contributed by atoms with van der Waals surface area (Å²) >= 11 is 0. The molecule has 0 bridgehead atoms. The van der Waals surface area contributed by atoms with Gasteiger partial charge in [-0.3, -0.25) is 9.49 Å². The molecule has 0 saturated heterocycles. The Morgan fingerprint density at radius 2 is 0.688 bits per heavy atom. The molecule has 0 radical (unpaired) electrons. The van der Waals surface area contributed by atoms with Crippen LogP contribution in [0.15, 0.2) is 179 Å². The predicted octanol–water partition coefficient (Wildman–Crippen LogP) is 2.26. The van der Waals surface area contributed by atoms with Gasteiger partial charge < -0.3 is 0 Å². The van der Waals surface area contributed by atoms with E-state index in [4.69, 9.17) is 9.49 Å². The van der Waals surface area contributed by atoms with Crippen LogP contribution in [0.25, 0.3) is 0 Å². The van der Waals surface area contributed by atoms with E-state index in [2.05, 4.69) is 170 Å². The Labute approximate surface area is 310 Å². The zero-order valence-corrected chi connectivity index (χ0v) is 29.7. The van der Waals surface area contributed by atoms with Gasteiger partial charge in [0.25, 0.3) is 0 Å². The van der Waals surface area contributed by atoms with Gasteiger partial charge >= 0.3 is 37.7 Å². The first-order valence-electron chi connectivity index (χ1n) is 16.2. The summed E-state index contributed by atoms with van der Waals surface area (Å²) in [5.41, 5.74) is 0. The molecule has 1 saturated carbocycles. The van der Waals surface area contributed by atoms with Crippen LogP contribution >= 0.6 is 14.1 Å². The smallest absolute Gasteiger partial charge is 0.286 e. The van der Waals surface area contributed by atoms with Gasteiger partial charge in [0.1, 0.15) is 0 Å². The van der Waals surface area contributed by atoms with Crippen molar-refractivity contribution in [2.24, 2.45) is 9.49 Å². The molecule has 2 nitrogen and oxygen atoms in total. The fraction of sp³-hybridized carbons (Fsp3) is 0.143. The number of hydrogen-bond acceptors (Lipinski definition) is 2. The Hall–Kier alpha value is -3.03. The zero-order chi connectivity index (χ0) is 31.1. The minimum atomic E-state index is -2.43. The molecule has 0 aliphatic heterocycles. The van der Waals surface area contributed by atoms with Gasteiger partial charge in [0.05, 0.1) is 12.1 Å². The van der Waals surface area contributed by atoms with Crippen molar-refractivity contribution in [3.63, 3.8) is 0 Å². The number of rotatable bonds is 8. The van der Waals surface area contributed by atoms with E-state index >= 15 is 0 Å². The number of benzene rings is 6. The molecule has 0 amide bonds. The summed E-state index contributed by atoms with van der Waals surface area (Å²) in [5, 5.41) is 7.38. The van der Waals surface area contributed by atoms with Crippen molar-refractivity contribution < 1.29 is 37.7 Å². The molecule has 6 heteroatoms. The maximum Gasteiger partial charge on any atom is 1.00 e. The zero-order valence-electron chi connectivity index (χ0n) is 27.9. The van der Waals surface area contributed by atoms with Gasteiger partial charge in [-0.2, -0.15) is 60.7 Å². The first kappa shape index (κ1) is 36.3. The van der Waals surface area contributed by atoms with Gasteiger partial charge in [-0.05, 0) is 34.1 Å². The third kappa shape index (κ3) is 7.28. The fourth-order valence-corrected chi connectivity index (χ4v) is 14.3. The minimum Gasteiger partial charge on any atom is -0.286 e. The van der Waals surface area contributed by atoms with Crippen LogP contribution < -0.4 is 69.5 Å². The van der Waals surface area contributed by atoms with Gasteiger partial charge in [-0.1, -0.05) is 134 Å². The van der Waals surface area contributed by atoms with Gasteiger partial charge in [-0.15, -0.1) is 10.6 Å². The first-order valence-corrected chi connectivity index (χ1v) is 19.7. The van der Waals surface area contributed by atoms with Crippen LogP contribution in [0.2, 0.25) is 0 Å². The minimum absolute atomic E-state index is 0. The van der Waals surface area contributed by atoms with E-state index in [-0.39, 0.29) is 49.8 Å². The average Bonchev–Trinajstić information content (AvgIpc) is 3.15. The second kappa shape index (κ2) is 17.1. The summed E-state index contributed by atoms with van der Waals surface area (Å²) in [5.74, 6) is 0. The van der Waals surface area contributed by atoms with E-state index < -0.39 is 14.1 Å². The molecule has 0 heterocycles. The summed E-state index contributed by atoms with van der Waals surface area (Å²) in [6, 6.07) is 68.2. The number of nitrogens with zero attached hydrogens (tertiary/aromatic N) is 2. The Kier molecular flexibility index (Phi) is 12.9. The molecule has 0 aromatic heterocycles. The molecule has 0 N–H and O–H groups in total. The second-order valence-electron chi connectivity index (χ2n) is 11.8. The molecule has 1 aliphatic carbocycles. The van der Waals surface area contributed by atoms with Crippen LogP contribution in [-0.4, -0.2) is 12.1 Å². The Balaban J connectivity index is 0.00000225. The SMILES string of the molecule is [Li+].[Li+].[c-]1ccccc1P(=N[C@H]1CCCC[C@@H]1N=P(c1[c-]cccc1)(c1ccccc1)c1ccccc1)(c1ccccc1)c1ccccc1. The quantitative estimate of drug-likeness (QED) is 0.138. The first-order chi connectivity index (χ1) is 22.8. The van der Waals surface area contributed by atoms with E-state index in [0.717, 1.165) is 25.7 Å². The van der Waals surface area contributed by atoms with Gasteiger partial charge in [0.15, 0.2) is 0 Å². The Morgan fingerprint density at radius 1 is 0.396 bits per heavy atom. The molecular formula is C42H38Li2N2P2. The molecule has 0 unspecified atom stereocenters. The molecule has 2 atom stereocenters. The summed E-state index contributed by atoms with van der Waals surface area (Å²) in [6.45, 7) is 0. The predicted molar refractivity (Wildman–Crippen MR) is 199 cm³/mol. The number of hydrogen-bond donors (Lipinski definition) is 0. The molecule has 7 rings (SSSR count). The van der Waals surface area contributed by atoms with Crippen LogP contribution in [0.1, 0.15) is 25.7 Å². The molecule has 0 spiro atoms. The monoisotopic (exact) mass is 646 g/mol. The topological polar surface area (TPSA) is 24.7 Å². The van der Waals surface area contributed by atoms with E-state index in [9.17, 15) is 0 Å². The van der Waals surface area contributed by atoms with E-state index in [0.29, 0.717) is 0 Å². The average molecular weight is 647 g/mol. The molecule has 228 valence electrons. The third-order valence-corrected chi connectivity index (χ3v) is 16.4. The maximum atomic E-state index is 6.12. The van der Waals surface area contributed by atoms with Crippen molar-refractivity contribution in [3.8, 4) is 0 Å². The largest absolute Gasteiger partial charge is 1.00 e. The molecule has 1 fully saturated rings. The second-order valence-corrected chi connectivity index (χ2v) is 17.8. The fourth-order valence-electron chi connectivity index (χ4n) is 6.80.